The summed E-state index contributed by atoms with van der Waals surface area (Å²) in [4.78, 5) is 13.5. The Kier molecular flexibility index (Phi) is 6.06. The third-order valence-electron chi connectivity index (χ3n) is 3.74. The normalized spacial score (nSPS) is 18.0. The Morgan fingerprint density at radius 3 is 2.95 bits per heavy atom. The number of carbonyl (C=O) groups is 1. The number of nitrogens with zero attached hydrogens (tertiary/aromatic N) is 1. The first-order valence-corrected chi connectivity index (χ1v) is 8.40. The van der Waals surface area contributed by atoms with Crippen LogP contribution in [0.3, 0.4) is 0 Å². The standard InChI is InChI=1S/C16H24BrN3O/c1-3-7-18-10-13-4-5-15(9-16(13)17)20-8-6-14(11-20)19-12(2)21/h4-5,9,14,18H,3,6-8,10-11H2,1-2H3,(H,19,21). The van der Waals surface area contributed by atoms with E-state index in [0.29, 0.717) is 0 Å². The van der Waals surface area contributed by atoms with Crippen LogP contribution in [0, 0.1) is 0 Å². The lowest BCUT2D eigenvalue weighted by Gasteiger charge is -2.20. The van der Waals surface area contributed by atoms with Gasteiger partial charge >= 0.3 is 0 Å². The van der Waals surface area contributed by atoms with Crippen LogP contribution in [0.25, 0.3) is 0 Å². The van der Waals surface area contributed by atoms with Crippen LogP contribution < -0.4 is 15.5 Å². The van der Waals surface area contributed by atoms with E-state index in [1.807, 2.05) is 0 Å². The number of benzene rings is 1. The van der Waals surface area contributed by atoms with E-state index in [0.717, 1.165) is 43.5 Å². The highest BCUT2D eigenvalue weighted by molar-refractivity contribution is 9.10. The van der Waals surface area contributed by atoms with E-state index in [1.165, 1.54) is 11.3 Å². The van der Waals surface area contributed by atoms with Gasteiger partial charge in [0, 0.05) is 42.8 Å². The number of amides is 1. The van der Waals surface area contributed by atoms with E-state index in [4.69, 9.17) is 0 Å². The molecule has 0 radical (unpaired) electrons. The molecule has 0 aliphatic carbocycles. The van der Waals surface area contributed by atoms with Crippen molar-refractivity contribution in [2.45, 2.75) is 39.3 Å². The van der Waals surface area contributed by atoms with Crippen LogP contribution >= 0.6 is 15.9 Å². The third kappa shape index (κ3) is 4.71. The minimum absolute atomic E-state index is 0.0559. The molecule has 0 aromatic heterocycles. The fraction of sp³-hybridized carbons (Fsp3) is 0.562. The molecule has 116 valence electrons. The quantitative estimate of drug-likeness (QED) is 0.772. The molecule has 1 aliphatic heterocycles. The molecule has 2 rings (SSSR count). The molecular formula is C16H24BrN3O. The molecule has 2 N–H and O–H groups in total. The number of rotatable bonds is 6. The van der Waals surface area contributed by atoms with Crippen molar-refractivity contribution >= 4 is 27.5 Å². The molecule has 0 bridgehead atoms. The Balaban J connectivity index is 1.95. The van der Waals surface area contributed by atoms with Crippen molar-refractivity contribution in [3.63, 3.8) is 0 Å². The van der Waals surface area contributed by atoms with Gasteiger partial charge in [0.15, 0.2) is 0 Å². The van der Waals surface area contributed by atoms with Gasteiger partial charge in [-0.15, -0.1) is 0 Å². The second-order valence-corrected chi connectivity index (χ2v) is 6.44. The Morgan fingerprint density at radius 1 is 1.48 bits per heavy atom. The molecule has 0 spiro atoms. The number of anilines is 1. The molecule has 1 amide bonds. The molecule has 4 nitrogen and oxygen atoms in total. The summed E-state index contributed by atoms with van der Waals surface area (Å²) in [6.45, 7) is 7.56. The molecule has 1 fully saturated rings. The number of halogens is 1. The van der Waals surface area contributed by atoms with Gasteiger partial charge in [-0.2, -0.15) is 0 Å². The van der Waals surface area contributed by atoms with Crippen molar-refractivity contribution in [1.29, 1.82) is 0 Å². The Morgan fingerprint density at radius 2 is 2.29 bits per heavy atom. The van der Waals surface area contributed by atoms with E-state index in [-0.39, 0.29) is 11.9 Å². The van der Waals surface area contributed by atoms with Gasteiger partial charge in [-0.05, 0) is 37.1 Å². The summed E-state index contributed by atoms with van der Waals surface area (Å²) in [5, 5.41) is 6.42. The van der Waals surface area contributed by atoms with Crippen molar-refractivity contribution in [2.24, 2.45) is 0 Å². The maximum absolute atomic E-state index is 11.1. The maximum Gasteiger partial charge on any atom is 0.217 e. The van der Waals surface area contributed by atoms with Crippen LogP contribution in [-0.2, 0) is 11.3 Å². The summed E-state index contributed by atoms with van der Waals surface area (Å²) in [6, 6.07) is 6.80. The fourth-order valence-electron chi connectivity index (χ4n) is 2.68. The predicted molar refractivity (Wildman–Crippen MR) is 90.6 cm³/mol. The van der Waals surface area contributed by atoms with Crippen molar-refractivity contribution in [3.05, 3.63) is 28.2 Å². The second kappa shape index (κ2) is 7.80. The number of nitrogens with one attached hydrogen (secondary N) is 2. The molecular weight excluding hydrogens is 330 g/mol. The van der Waals surface area contributed by atoms with E-state index < -0.39 is 0 Å². The molecule has 1 unspecified atom stereocenters. The SMILES string of the molecule is CCCNCc1ccc(N2CCC(NC(C)=O)C2)cc1Br. The van der Waals surface area contributed by atoms with Crippen molar-refractivity contribution < 1.29 is 4.79 Å². The van der Waals surface area contributed by atoms with Crippen molar-refractivity contribution in [3.8, 4) is 0 Å². The monoisotopic (exact) mass is 353 g/mol. The summed E-state index contributed by atoms with van der Waals surface area (Å²) in [5.74, 6) is 0.0559. The van der Waals surface area contributed by atoms with E-state index in [2.05, 4.69) is 56.6 Å². The van der Waals surface area contributed by atoms with Crippen molar-refractivity contribution in [2.75, 3.05) is 24.5 Å². The van der Waals surface area contributed by atoms with Crippen LogP contribution in [0.2, 0.25) is 0 Å². The van der Waals surface area contributed by atoms with Gasteiger partial charge in [-0.1, -0.05) is 28.9 Å². The highest BCUT2D eigenvalue weighted by atomic mass is 79.9. The Labute approximate surface area is 135 Å². The number of carbonyl (C=O) groups excluding carboxylic acids is 1. The topological polar surface area (TPSA) is 44.4 Å². The van der Waals surface area contributed by atoms with E-state index in [9.17, 15) is 4.79 Å². The lowest BCUT2D eigenvalue weighted by atomic mass is 10.2. The first-order valence-electron chi connectivity index (χ1n) is 7.61. The largest absolute Gasteiger partial charge is 0.369 e. The van der Waals surface area contributed by atoms with Crippen LogP contribution in [0.4, 0.5) is 5.69 Å². The minimum atomic E-state index is 0.0559. The maximum atomic E-state index is 11.1. The molecule has 1 aromatic carbocycles. The predicted octanol–water partition coefficient (Wildman–Crippen LogP) is 2.66. The zero-order valence-electron chi connectivity index (χ0n) is 12.8. The summed E-state index contributed by atoms with van der Waals surface area (Å²) in [5.41, 5.74) is 2.50. The average Bonchev–Trinajstić information content (AvgIpc) is 2.88. The Hall–Kier alpha value is -1.07. The highest BCUT2D eigenvalue weighted by Gasteiger charge is 2.23. The van der Waals surface area contributed by atoms with E-state index >= 15 is 0 Å². The molecule has 0 saturated carbocycles. The molecule has 1 saturated heterocycles. The fourth-order valence-corrected chi connectivity index (χ4v) is 3.18. The van der Waals surface area contributed by atoms with Crippen molar-refractivity contribution in [1.82, 2.24) is 10.6 Å². The zero-order chi connectivity index (χ0) is 15.2. The lowest BCUT2D eigenvalue weighted by Crippen LogP contribution is -2.35. The second-order valence-electron chi connectivity index (χ2n) is 5.58. The summed E-state index contributed by atoms with van der Waals surface area (Å²) < 4.78 is 1.14. The van der Waals surface area contributed by atoms with Crippen LogP contribution in [-0.4, -0.2) is 31.6 Å². The van der Waals surface area contributed by atoms with Crippen LogP contribution in [0.5, 0.6) is 0 Å². The van der Waals surface area contributed by atoms with Gasteiger partial charge in [0.1, 0.15) is 0 Å². The molecule has 1 aromatic rings. The van der Waals surface area contributed by atoms with Gasteiger partial charge in [-0.3, -0.25) is 4.79 Å². The van der Waals surface area contributed by atoms with Crippen LogP contribution in [0.1, 0.15) is 32.3 Å². The molecule has 1 aliphatic rings. The third-order valence-corrected chi connectivity index (χ3v) is 4.48. The molecule has 5 heteroatoms. The first-order chi connectivity index (χ1) is 10.1. The number of hydrogen-bond donors (Lipinski definition) is 2. The van der Waals surface area contributed by atoms with Crippen LogP contribution in [0.15, 0.2) is 22.7 Å². The first kappa shape index (κ1) is 16.3. The number of hydrogen-bond acceptors (Lipinski definition) is 3. The van der Waals surface area contributed by atoms with Gasteiger partial charge in [-0.25, -0.2) is 0 Å². The summed E-state index contributed by atoms with van der Waals surface area (Å²) >= 11 is 3.67. The molecule has 21 heavy (non-hydrogen) atoms. The zero-order valence-corrected chi connectivity index (χ0v) is 14.4. The highest BCUT2D eigenvalue weighted by Crippen LogP contribution is 2.26. The van der Waals surface area contributed by atoms with E-state index in [1.54, 1.807) is 6.92 Å². The van der Waals surface area contributed by atoms with Gasteiger partial charge < -0.3 is 15.5 Å². The van der Waals surface area contributed by atoms with Gasteiger partial charge in [0.2, 0.25) is 5.91 Å². The smallest absolute Gasteiger partial charge is 0.217 e. The minimum Gasteiger partial charge on any atom is -0.369 e. The summed E-state index contributed by atoms with van der Waals surface area (Å²) in [7, 11) is 0. The molecule has 1 atom stereocenters. The summed E-state index contributed by atoms with van der Waals surface area (Å²) in [6.07, 6.45) is 2.16. The lowest BCUT2D eigenvalue weighted by molar-refractivity contribution is -0.119. The molecule has 1 heterocycles. The van der Waals surface area contributed by atoms with Gasteiger partial charge in [0.05, 0.1) is 0 Å². The average molecular weight is 354 g/mol. The Bertz CT molecular complexity index is 492. The van der Waals surface area contributed by atoms with Gasteiger partial charge in [0.25, 0.3) is 0 Å².